The van der Waals surface area contributed by atoms with E-state index >= 15 is 0 Å². The first kappa shape index (κ1) is 18.8. The van der Waals surface area contributed by atoms with E-state index in [9.17, 15) is 9.59 Å². The highest BCUT2D eigenvalue weighted by Crippen LogP contribution is 2.30. The fourth-order valence-electron chi connectivity index (χ4n) is 4.04. The summed E-state index contributed by atoms with van der Waals surface area (Å²) < 4.78 is 0. The van der Waals surface area contributed by atoms with Crippen molar-refractivity contribution in [2.24, 2.45) is 0 Å². The molecule has 144 valence electrons. The molecule has 1 aliphatic heterocycles. The standard InChI is InChI=1S/C23H23ClN2O2/c24-18-5-3-4-17(14-18)16-10-12-26(13-11-16)23(28)9-8-22(27)20-15-25-21-7-2-1-6-19(20)21/h1-7,14-16,25H,8-13H2. The van der Waals surface area contributed by atoms with Crippen LogP contribution in [0.4, 0.5) is 0 Å². The number of halogens is 1. The molecule has 4 nitrogen and oxygen atoms in total. The van der Waals surface area contributed by atoms with Crippen LogP contribution in [0.25, 0.3) is 10.9 Å². The minimum atomic E-state index is 0.0135. The number of nitrogens with zero attached hydrogens (tertiary/aromatic N) is 1. The lowest BCUT2D eigenvalue weighted by atomic mass is 9.89. The Kier molecular flexibility index (Phi) is 5.49. The molecule has 0 radical (unpaired) electrons. The maximum absolute atomic E-state index is 12.6. The number of aromatic amines is 1. The van der Waals surface area contributed by atoms with E-state index in [4.69, 9.17) is 11.6 Å². The fraction of sp³-hybridized carbons (Fsp3) is 0.304. The van der Waals surface area contributed by atoms with E-state index in [1.807, 2.05) is 47.4 Å². The van der Waals surface area contributed by atoms with Gasteiger partial charge >= 0.3 is 0 Å². The number of benzene rings is 2. The van der Waals surface area contributed by atoms with Crippen molar-refractivity contribution >= 4 is 34.2 Å². The minimum Gasteiger partial charge on any atom is -0.360 e. The number of H-pyrrole nitrogens is 1. The second-order valence-electron chi connectivity index (χ2n) is 7.38. The van der Waals surface area contributed by atoms with Crippen molar-refractivity contribution in [3.8, 4) is 0 Å². The zero-order chi connectivity index (χ0) is 19.5. The van der Waals surface area contributed by atoms with Crippen molar-refractivity contribution in [3.63, 3.8) is 0 Å². The highest BCUT2D eigenvalue weighted by atomic mass is 35.5. The highest BCUT2D eigenvalue weighted by Gasteiger charge is 2.24. The van der Waals surface area contributed by atoms with Gasteiger partial charge in [0.1, 0.15) is 0 Å². The lowest BCUT2D eigenvalue weighted by Gasteiger charge is -2.32. The molecular formula is C23H23ClN2O2. The number of Topliss-reactive ketones (excluding diaryl/α,β-unsaturated/α-hetero) is 1. The Bertz CT molecular complexity index is 1000. The predicted octanol–water partition coefficient (Wildman–Crippen LogP) is 5.19. The number of carbonyl (C=O) groups is 2. The molecule has 1 aliphatic rings. The summed E-state index contributed by atoms with van der Waals surface area (Å²) in [5.41, 5.74) is 2.86. The van der Waals surface area contributed by atoms with E-state index in [1.54, 1.807) is 6.20 Å². The van der Waals surface area contributed by atoms with Gasteiger partial charge in [0, 0.05) is 53.6 Å². The molecule has 28 heavy (non-hydrogen) atoms. The molecular weight excluding hydrogens is 372 g/mol. The Morgan fingerprint density at radius 3 is 2.61 bits per heavy atom. The Morgan fingerprint density at radius 1 is 1.04 bits per heavy atom. The van der Waals surface area contributed by atoms with Crippen LogP contribution in [0, 0.1) is 0 Å². The zero-order valence-corrected chi connectivity index (χ0v) is 16.4. The third kappa shape index (κ3) is 3.97. The number of aromatic nitrogens is 1. The molecule has 2 heterocycles. The largest absolute Gasteiger partial charge is 0.360 e. The van der Waals surface area contributed by atoms with Crippen LogP contribution in [0.15, 0.2) is 54.7 Å². The number of hydrogen-bond donors (Lipinski definition) is 1. The monoisotopic (exact) mass is 394 g/mol. The first-order valence-electron chi connectivity index (χ1n) is 9.74. The first-order valence-corrected chi connectivity index (χ1v) is 10.1. The number of piperidine rings is 1. The van der Waals surface area contributed by atoms with Gasteiger partial charge in [-0.1, -0.05) is 41.9 Å². The molecule has 0 unspecified atom stereocenters. The molecule has 0 bridgehead atoms. The summed E-state index contributed by atoms with van der Waals surface area (Å²) in [5.74, 6) is 0.521. The van der Waals surface area contributed by atoms with Crippen LogP contribution in [0.5, 0.6) is 0 Å². The molecule has 2 aromatic carbocycles. The van der Waals surface area contributed by atoms with Gasteiger partial charge < -0.3 is 9.88 Å². The third-order valence-electron chi connectivity index (χ3n) is 5.62. The van der Waals surface area contributed by atoms with Crippen LogP contribution >= 0.6 is 11.6 Å². The predicted molar refractivity (Wildman–Crippen MR) is 112 cm³/mol. The van der Waals surface area contributed by atoms with E-state index in [0.29, 0.717) is 11.5 Å². The second kappa shape index (κ2) is 8.19. The zero-order valence-electron chi connectivity index (χ0n) is 15.7. The smallest absolute Gasteiger partial charge is 0.223 e. The Balaban J connectivity index is 1.30. The van der Waals surface area contributed by atoms with Crippen LogP contribution in [0.2, 0.25) is 5.02 Å². The molecule has 0 atom stereocenters. The second-order valence-corrected chi connectivity index (χ2v) is 7.82. The van der Waals surface area contributed by atoms with Crippen LogP contribution in [-0.4, -0.2) is 34.7 Å². The third-order valence-corrected chi connectivity index (χ3v) is 5.86. The van der Waals surface area contributed by atoms with Crippen molar-refractivity contribution in [3.05, 3.63) is 70.9 Å². The average Bonchev–Trinajstić information content (AvgIpc) is 3.16. The topological polar surface area (TPSA) is 53.2 Å². The van der Waals surface area contributed by atoms with Gasteiger partial charge in [-0.2, -0.15) is 0 Å². The molecule has 1 N–H and O–H groups in total. The van der Waals surface area contributed by atoms with Gasteiger partial charge in [0.2, 0.25) is 5.91 Å². The summed E-state index contributed by atoms with van der Waals surface area (Å²) in [6, 6.07) is 15.7. The molecule has 0 saturated carbocycles. The number of carbonyl (C=O) groups excluding carboxylic acids is 2. The lowest BCUT2D eigenvalue weighted by Crippen LogP contribution is -2.38. The van der Waals surface area contributed by atoms with Gasteiger partial charge in [-0.25, -0.2) is 0 Å². The number of fused-ring (bicyclic) bond motifs is 1. The van der Waals surface area contributed by atoms with Gasteiger partial charge in [0.05, 0.1) is 0 Å². The molecule has 5 heteroatoms. The van der Waals surface area contributed by atoms with E-state index in [1.165, 1.54) is 5.56 Å². The summed E-state index contributed by atoms with van der Waals surface area (Å²) >= 11 is 6.09. The van der Waals surface area contributed by atoms with Gasteiger partial charge in [0.15, 0.2) is 5.78 Å². The summed E-state index contributed by atoms with van der Waals surface area (Å²) in [6.07, 6.45) is 4.12. The molecule has 1 aromatic heterocycles. The summed E-state index contributed by atoms with van der Waals surface area (Å²) in [5, 5.41) is 1.68. The number of amides is 1. The maximum atomic E-state index is 12.6. The Labute approximate surface area is 169 Å². The quantitative estimate of drug-likeness (QED) is 0.605. The maximum Gasteiger partial charge on any atom is 0.223 e. The van der Waals surface area contributed by atoms with Crippen LogP contribution < -0.4 is 0 Å². The van der Waals surface area contributed by atoms with Crippen molar-refractivity contribution in [1.82, 2.24) is 9.88 Å². The number of rotatable bonds is 5. The number of likely N-dealkylation sites (tertiary alicyclic amines) is 1. The van der Waals surface area contributed by atoms with Gasteiger partial charge in [-0.3, -0.25) is 9.59 Å². The van der Waals surface area contributed by atoms with Crippen LogP contribution in [0.1, 0.15) is 47.5 Å². The lowest BCUT2D eigenvalue weighted by molar-refractivity contribution is -0.132. The molecule has 0 spiro atoms. The van der Waals surface area contributed by atoms with Crippen molar-refractivity contribution in [2.75, 3.05) is 13.1 Å². The molecule has 3 aromatic rings. The normalized spacial score (nSPS) is 15.1. The van der Waals surface area contributed by atoms with Crippen LogP contribution in [-0.2, 0) is 4.79 Å². The van der Waals surface area contributed by atoms with Crippen LogP contribution in [0.3, 0.4) is 0 Å². The average molecular weight is 395 g/mol. The molecule has 1 fully saturated rings. The molecule has 4 rings (SSSR count). The van der Waals surface area contributed by atoms with Gasteiger partial charge in [0.25, 0.3) is 0 Å². The van der Waals surface area contributed by atoms with E-state index in [0.717, 1.165) is 41.9 Å². The highest BCUT2D eigenvalue weighted by molar-refractivity contribution is 6.30. The summed E-state index contributed by atoms with van der Waals surface area (Å²) in [6.45, 7) is 1.47. The number of para-hydroxylation sites is 1. The van der Waals surface area contributed by atoms with E-state index < -0.39 is 0 Å². The summed E-state index contributed by atoms with van der Waals surface area (Å²) in [7, 11) is 0. The van der Waals surface area contributed by atoms with Crippen molar-refractivity contribution in [2.45, 2.75) is 31.6 Å². The Morgan fingerprint density at radius 2 is 1.82 bits per heavy atom. The number of ketones is 1. The van der Waals surface area contributed by atoms with Crippen molar-refractivity contribution in [1.29, 1.82) is 0 Å². The fourth-order valence-corrected chi connectivity index (χ4v) is 4.24. The SMILES string of the molecule is O=C(CCC(=O)N1CCC(c2cccc(Cl)c2)CC1)c1c[nH]c2ccccc12. The number of nitrogens with one attached hydrogen (secondary N) is 1. The number of hydrogen-bond acceptors (Lipinski definition) is 2. The molecule has 1 saturated heterocycles. The van der Waals surface area contributed by atoms with E-state index in [2.05, 4.69) is 11.1 Å². The van der Waals surface area contributed by atoms with Gasteiger partial charge in [-0.05, 0) is 42.5 Å². The van der Waals surface area contributed by atoms with Crippen molar-refractivity contribution < 1.29 is 9.59 Å². The minimum absolute atomic E-state index is 0.0135. The van der Waals surface area contributed by atoms with Gasteiger partial charge in [-0.15, -0.1) is 0 Å². The van der Waals surface area contributed by atoms with E-state index in [-0.39, 0.29) is 24.5 Å². The first-order chi connectivity index (χ1) is 13.6. The molecule has 0 aliphatic carbocycles. The molecule has 1 amide bonds. The summed E-state index contributed by atoms with van der Waals surface area (Å²) in [4.78, 5) is 30.2. The Hall–Kier alpha value is -2.59.